The van der Waals surface area contributed by atoms with Crippen LogP contribution >= 0.6 is 11.8 Å². The molecule has 150 valence electrons. The minimum atomic E-state index is -0.231. The average Bonchev–Trinajstić information content (AvgIpc) is 2.78. The molecule has 0 fully saturated rings. The van der Waals surface area contributed by atoms with Gasteiger partial charge < -0.3 is 19.5 Å². The third kappa shape index (κ3) is 5.23. The maximum absolute atomic E-state index is 12.9. The van der Waals surface area contributed by atoms with Crippen LogP contribution in [0.25, 0.3) is 0 Å². The van der Waals surface area contributed by atoms with Crippen molar-refractivity contribution >= 4 is 23.4 Å². The molecule has 0 aromatic heterocycles. The lowest BCUT2D eigenvalue weighted by atomic mass is 10.1. The molecule has 0 radical (unpaired) electrons. The summed E-state index contributed by atoms with van der Waals surface area (Å²) in [7, 11) is 4.77. The van der Waals surface area contributed by atoms with Gasteiger partial charge in [-0.25, -0.2) is 0 Å². The molecule has 1 amide bonds. The molecule has 3 aromatic rings. The van der Waals surface area contributed by atoms with E-state index in [1.54, 1.807) is 57.4 Å². The molecule has 0 unspecified atom stereocenters. The number of methoxy groups -OCH3 is 3. The first-order valence-corrected chi connectivity index (χ1v) is 10.0. The Hall–Kier alpha value is -3.12. The van der Waals surface area contributed by atoms with Crippen LogP contribution in [0.2, 0.25) is 0 Å². The molecule has 0 saturated carbocycles. The molecule has 0 saturated heterocycles. The number of amides is 1. The van der Waals surface area contributed by atoms with E-state index in [0.717, 1.165) is 16.2 Å². The number of benzene rings is 3. The number of carbonyl (C=O) groups is 1. The molecular formula is C23H23NO4S. The van der Waals surface area contributed by atoms with Gasteiger partial charge >= 0.3 is 0 Å². The Kier molecular flexibility index (Phi) is 7.03. The topological polar surface area (TPSA) is 56.8 Å². The van der Waals surface area contributed by atoms with Gasteiger partial charge in [0, 0.05) is 27.8 Å². The molecule has 0 aliphatic rings. The fourth-order valence-electron chi connectivity index (χ4n) is 2.82. The summed E-state index contributed by atoms with van der Waals surface area (Å²) in [6.07, 6.45) is 0. The van der Waals surface area contributed by atoms with Gasteiger partial charge in [-0.15, -0.1) is 11.8 Å². The molecule has 0 spiro atoms. The first kappa shape index (κ1) is 20.6. The van der Waals surface area contributed by atoms with Gasteiger partial charge in [0.25, 0.3) is 5.91 Å². The third-order valence-corrected chi connectivity index (χ3v) is 5.40. The van der Waals surface area contributed by atoms with E-state index in [0.29, 0.717) is 28.5 Å². The van der Waals surface area contributed by atoms with Crippen molar-refractivity contribution in [2.75, 3.05) is 26.6 Å². The van der Waals surface area contributed by atoms with Gasteiger partial charge in [0.1, 0.15) is 17.2 Å². The van der Waals surface area contributed by atoms with E-state index < -0.39 is 0 Å². The standard InChI is InChI=1S/C23H23NO4S/c1-26-18-10-12-22(28-3)20(14-18)24-23(25)16-9-11-21(27-2)17(13-16)15-29-19-7-5-4-6-8-19/h4-14H,15H2,1-3H3,(H,24,25). The molecule has 29 heavy (non-hydrogen) atoms. The van der Waals surface area contributed by atoms with Crippen LogP contribution in [0.4, 0.5) is 5.69 Å². The van der Waals surface area contributed by atoms with E-state index in [4.69, 9.17) is 14.2 Å². The largest absolute Gasteiger partial charge is 0.497 e. The van der Waals surface area contributed by atoms with E-state index >= 15 is 0 Å². The van der Waals surface area contributed by atoms with Crippen LogP contribution in [0.15, 0.2) is 71.6 Å². The number of ether oxygens (including phenoxy) is 3. The first-order valence-electron chi connectivity index (χ1n) is 9.02. The van der Waals surface area contributed by atoms with Gasteiger partial charge in [-0.05, 0) is 42.5 Å². The van der Waals surface area contributed by atoms with Crippen molar-refractivity contribution in [2.24, 2.45) is 0 Å². The highest BCUT2D eigenvalue weighted by molar-refractivity contribution is 7.98. The summed E-state index contributed by atoms with van der Waals surface area (Å²) in [6, 6.07) is 20.8. The Labute approximate surface area is 175 Å². The minimum absolute atomic E-state index is 0.231. The number of thioether (sulfide) groups is 1. The molecule has 3 rings (SSSR count). The van der Waals surface area contributed by atoms with Crippen molar-refractivity contribution in [1.29, 1.82) is 0 Å². The molecule has 0 aliphatic carbocycles. The highest BCUT2D eigenvalue weighted by Crippen LogP contribution is 2.31. The van der Waals surface area contributed by atoms with Crippen LogP contribution in [-0.4, -0.2) is 27.2 Å². The number of anilines is 1. The van der Waals surface area contributed by atoms with Crippen molar-refractivity contribution in [2.45, 2.75) is 10.6 Å². The number of hydrogen-bond acceptors (Lipinski definition) is 5. The first-order chi connectivity index (χ1) is 14.1. The lowest BCUT2D eigenvalue weighted by Crippen LogP contribution is -2.13. The van der Waals surface area contributed by atoms with E-state index in [9.17, 15) is 4.79 Å². The van der Waals surface area contributed by atoms with Gasteiger partial charge in [-0.2, -0.15) is 0 Å². The second kappa shape index (κ2) is 9.89. The second-order valence-corrected chi connectivity index (χ2v) is 7.20. The minimum Gasteiger partial charge on any atom is -0.497 e. The lowest BCUT2D eigenvalue weighted by molar-refractivity contribution is 0.102. The Morgan fingerprint density at radius 2 is 1.59 bits per heavy atom. The van der Waals surface area contributed by atoms with Gasteiger partial charge in [-0.1, -0.05) is 18.2 Å². The van der Waals surface area contributed by atoms with E-state index in [1.165, 1.54) is 0 Å². The maximum Gasteiger partial charge on any atom is 0.255 e. The van der Waals surface area contributed by atoms with Crippen molar-refractivity contribution in [1.82, 2.24) is 0 Å². The van der Waals surface area contributed by atoms with E-state index in [1.807, 2.05) is 30.3 Å². The van der Waals surface area contributed by atoms with Gasteiger partial charge in [0.15, 0.2) is 0 Å². The molecular weight excluding hydrogens is 386 g/mol. The predicted octanol–water partition coefficient (Wildman–Crippen LogP) is 5.26. The van der Waals surface area contributed by atoms with Crippen LogP contribution in [0.5, 0.6) is 17.2 Å². The average molecular weight is 410 g/mol. The zero-order valence-electron chi connectivity index (χ0n) is 16.6. The van der Waals surface area contributed by atoms with Crippen LogP contribution in [0, 0.1) is 0 Å². The van der Waals surface area contributed by atoms with Crippen LogP contribution < -0.4 is 19.5 Å². The zero-order chi connectivity index (χ0) is 20.6. The molecule has 5 nitrogen and oxygen atoms in total. The summed E-state index contributed by atoms with van der Waals surface area (Å²) in [5, 5.41) is 2.90. The fraction of sp³-hybridized carbons (Fsp3) is 0.174. The number of hydrogen-bond donors (Lipinski definition) is 1. The summed E-state index contributed by atoms with van der Waals surface area (Å²) in [5.74, 6) is 2.41. The molecule has 1 N–H and O–H groups in total. The Morgan fingerprint density at radius 1 is 0.862 bits per heavy atom. The van der Waals surface area contributed by atoms with Gasteiger partial charge in [-0.3, -0.25) is 4.79 Å². The van der Waals surface area contributed by atoms with E-state index in [-0.39, 0.29) is 5.91 Å². The molecule has 0 heterocycles. The second-order valence-electron chi connectivity index (χ2n) is 6.15. The predicted molar refractivity (Wildman–Crippen MR) is 116 cm³/mol. The van der Waals surface area contributed by atoms with Crippen molar-refractivity contribution in [3.63, 3.8) is 0 Å². The fourth-order valence-corrected chi connectivity index (χ4v) is 3.71. The van der Waals surface area contributed by atoms with Crippen LogP contribution in [0.1, 0.15) is 15.9 Å². The molecule has 3 aromatic carbocycles. The van der Waals surface area contributed by atoms with Crippen molar-refractivity contribution in [3.05, 3.63) is 77.9 Å². The van der Waals surface area contributed by atoms with Gasteiger partial charge in [0.2, 0.25) is 0 Å². The summed E-state index contributed by atoms with van der Waals surface area (Å²) in [6.45, 7) is 0. The van der Waals surface area contributed by atoms with Crippen molar-refractivity contribution < 1.29 is 19.0 Å². The molecule has 6 heteroatoms. The highest BCUT2D eigenvalue weighted by Gasteiger charge is 2.14. The van der Waals surface area contributed by atoms with Gasteiger partial charge in [0.05, 0.1) is 27.0 Å². The summed E-state index contributed by atoms with van der Waals surface area (Å²) in [4.78, 5) is 14.0. The summed E-state index contributed by atoms with van der Waals surface area (Å²) < 4.78 is 16.0. The number of rotatable bonds is 8. The SMILES string of the molecule is COc1ccc(OC)c(NC(=O)c2ccc(OC)c(CSc3ccccc3)c2)c1. The summed E-state index contributed by atoms with van der Waals surface area (Å²) in [5.41, 5.74) is 2.04. The normalized spacial score (nSPS) is 10.3. The Balaban J connectivity index is 1.80. The Morgan fingerprint density at radius 3 is 2.28 bits per heavy atom. The summed E-state index contributed by atoms with van der Waals surface area (Å²) >= 11 is 1.69. The maximum atomic E-state index is 12.9. The monoisotopic (exact) mass is 409 g/mol. The smallest absolute Gasteiger partial charge is 0.255 e. The van der Waals surface area contributed by atoms with Crippen LogP contribution in [0.3, 0.4) is 0 Å². The number of carbonyl (C=O) groups excluding carboxylic acids is 1. The quantitative estimate of drug-likeness (QED) is 0.515. The lowest BCUT2D eigenvalue weighted by Gasteiger charge is -2.13. The molecule has 0 aliphatic heterocycles. The molecule has 0 atom stereocenters. The molecule has 0 bridgehead atoms. The van der Waals surface area contributed by atoms with Crippen LogP contribution in [-0.2, 0) is 5.75 Å². The zero-order valence-corrected chi connectivity index (χ0v) is 17.4. The highest BCUT2D eigenvalue weighted by atomic mass is 32.2. The van der Waals surface area contributed by atoms with E-state index in [2.05, 4.69) is 17.4 Å². The van der Waals surface area contributed by atoms with Crippen molar-refractivity contribution in [3.8, 4) is 17.2 Å². The number of nitrogens with one attached hydrogen (secondary N) is 1. The Bertz CT molecular complexity index is 976. The third-order valence-electron chi connectivity index (χ3n) is 4.33.